The van der Waals surface area contributed by atoms with E-state index in [1.807, 2.05) is 12.1 Å². The van der Waals surface area contributed by atoms with Crippen molar-refractivity contribution in [3.8, 4) is 5.75 Å². The Bertz CT molecular complexity index is 1370. The van der Waals surface area contributed by atoms with Gasteiger partial charge in [0, 0.05) is 30.4 Å². The summed E-state index contributed by atoms with van der Waals surface area (Å²) in [4.78, 5) is 28.2. The third-order valence-corrected chi connectivity index (χ3v) is 7.82. The minimum Gasteiger partial charge on any atom is -0.497 e. The second-order valence-corrected chi connectivity index (χ2v) is 10.6. The Balaban J connectivity index is 1.13. The van der Waals surface area contributed by atoms with Crippen LogP contribution in [0.15, 0.2) is 72.8 Å². The third-order valence-electron chi connectivity index (χ3n) is 7.82. The van der Waals surface area contributed by atoms with Gasteiger partial charge in [-0.2, -0.15) is 13.2 Å². The highest BCUT2D eigenvalue weighted by atomic mass is 19.4. The van der Waals surface area contributed by atoms with E-state index in [2.05, 4.69) is 33.0 Å². The second kappa shape index (κ2) is 12.2. The molecule has 2 saturated heterocycles. The molecule has 10 heteroatoms. The van der Waals surface area contributed by atoms with E-state index in [1.165, 1.54) is 17.7 Å². The van der Waals surface area contributed by atoms with Crippen LogP contribution >= 0.6 is 0 Å². The molecule has 216 valence electrons. The van der Waals surface area contributed by atoms with E-state index in [-0.39, 0.29) is 29.7 Å². The molecule has 0 spiro atoms. The van der Waals surface area contributed by atoms with E-state index in [0.29, 0.717) is 17.8 Å². The summed E-state index contributed by atoms with van der Waals surface area (Å²) in [6.45, 7) is 0.669. The number of hydrogen-bond donors (Lipinski definition) is 3. The average Bonchev–Trinajstić information content (AvgIpc) is 3.18. The van der Waals surface area contributed by atoms with Crippen molar-refractivity contribution in [2.45, 2.75) is 56.5 Å². The molecule has 2 fully saturated rings. The Labute approximate surface area is 237 Å². The van der Waals surface area contributed by atoms with E-state index >= 15 is 0 Å². The Morgan fingerprint density at radius 1 is 0.951 bits per heavy atom. The van der Waals surface area contributed by atoms with Gasteiger partial charge in [0.05, 0.1) is 30.5 Å². The number of carbonyl (C=O) groups excluding carboxylic acids is 2. The standard InChI is InChI=1S/C31H33F3N4O3/c1-41-26-13-9-20(10-14-26)19-38-24-11-12-25(38)17-23(16-24)37-29(39)18-35-30(40)27-7-2-3-8-28(27)36-22-6-4-5-21(15-22)31(32,33)34/h2-10,13-15,23-25,36H,11-12,16-19H2,1H3,(H,35,40)(H,37,39). The van der Waals surface area contributed by atoms with Gasteiger partial charge < -0.3 is 20.7 Å². The maximum absolute atomic E-state index is 13.1. The number of nitrogens with zero attached hydrogens (tertiary/aromatic N) is 1. The molecule has 3 N–H and O–H groups in total. The van der Waals surface area contributed by atoms with Crippen LogP contribution in [0, 0.1) is 0 Å². The van der Waals surface area contributed by atoms with Crippen molar-refractivity contribution >= 4 is 23.2 Å². The summed E-state index contributed by atoms with van der Waals surface area (Å²) in [7, 11) is 1.65. The number of benzene rings is 3. The molecule has 41 heavy (non-hydrogen) atoms. The molecule has 2 bridgehead atoms. The van der Waals surface area contributed by atoms with Crippen LogP contribution in [0.3, 0.4) is 0 Å². The summed E-state index contributed by atoms with van der Waals surface area (Å²) < 4.78 is 44.6. The Morgan fingerprint density at radius 3 is 2.34 bits per heavy atom. The first-order valence-corrected chi connectivity index (χ1v) is 13.7. The van der Waals surface area contributed by atoms with Crippen molar-refractivity contribution in [3.63, 3.8) is 0 Å². The van der Waals surface area contributed by atoms with Gasteiger partial charge in [0.1, 0.15) is 5.75 Å². The molecule has 2 aliphatic heterocycles. The molecule has 2 aliphatic rings. The first-order valence-electron chi connectivity index (χ1n) is 13.7. The summed E-state index contributed by atoms with van der Waals surface area (Å²) in [5, 5.41) is 8.62. The van der Waals surface area contributed by atoms with Crippen molar-refractivity contribution in [2.75, 3.05) is 19.0 Å². The van der Waals surface area contributed by atoms with Gasteiger partial charge in [-0.1, -0.05) is 30.3 Å². The van der Waals surface area contributed by atoms with Gasteiger partial charge in [0.2, 0.25) is 5.91 Å². The summed E-state index contributed by atoms with van der Waals surface area (Å²) in [6.07, 6.45) is -0.569. The zero-order valence-corrected chi connectivity index (χ0v) is 22.7. The lowest BCUT2D eigenvalue weighted by Crippen LogP contribution is -2.51. The summed E-state index contributed by atoms with van der Waals surface area (Å²) >= 11 is 0. The van der Waals surface area contributed by atoms with Gasteiger partial charge in [0.15, 0.2) is 0 Å². The van der Waals surface area contributed by atoms with E-state index in [9.17, 15) is 22.8 Å². The van der Waals surface area contributed by atoms with Gasteiger partial charge in [-0.05, 0) is 73.7 Å². The molecule has 5 rings (SSSR count). The van der Waals surface area contributed by atoms with E-state index in [4.69, 9.17) is 4.74 Å². The fraction of sp³-hybridized carbons (Fsp3) is 0.355. The molecule has 3 aromatic rings. The van der Waals surface area contributed by atoms with E-state index < -0.39 is 17.6 Å². The number of anilines is 2. The average molecular weight is 567 g/mol. The van der Waals surface area contributed by atoms with Gasteiger partial charge in [-0.3, -0.25) is 14.5 Å². The number of para-hydroxylation sites is 1. The highest BCUT2D eigenvalue weighted by Crippen LogP contribution is 2.37. The van der Waals surface area contributed by atoms with Crippen LogP contribution in [0.25, 0.3) is 0 Å². The molecule has 2 unspecified atom stereocenters. The van der Waals surface area contributed by atoms with Crippen LogP contribution in [0.2, 0.25) is 0 Å². The smallest absolute Gasteiger partial charge is 0.416 e. The summed E-state index contributed by atoms with van der Waals surface area (Å²) in [6, 6.07) is 20.2. The zero-order valence-electron chi connectivity index (χ0n) is 22.7. The van der Waals surface area contributed by atoms with Gasteiger partial charge in [0.25, 0.3) is 5.91 Å². The highest BCUT2D eigenvalue weighted by molar-refractivity contribution is 6.01. The normalized spacial score (nSPS) is 20.3. The monoisotopic (exact) mass is 566 g/mol. The van der Waals surface area contributed by atoms with E-state index in [0.717, 1.165) is 50.1 Å². The zero-order chi connectivity index (χ0) is 29.0. The first kappa shape index (κ1) is 28.5. The lowest BCUT2D eigenvalue weighted by molar-refractivity contribution is -0.137. The summed E-state index contributed by atoms with van der Waals surface area (Å²) in [5.41, 5.74) is 1.20. The van der Waals surface area contributed by atoms with Gasteiger partial charge >= 0.3 is 6.18 Å². The number of methoxy groups -OCH3 is 1. The molecule has 0 aromatic heterocycles. The largest absolute Gasteiger partial charge is 0.497 e. The van der Waals surface area contributed by atoms with Crippen LogP contribution in [0.5, 0.6) is 5.75 Å². The van der Waals surface area contributed by atoms with Crippen molar-refractivity contribution in [1.29, 1.82) is 0 Å². The number of piperidine rings is 1. The quantitative estimate of drug-likeness (QED) is 0.319. The predicted molar refractivity (Wildman–Crippen MR) is 150 cm³/mol. The highest BCUT2D eigenvalue weighted by Gasteiger charge is 2.41. The van der Waals surface area contributed by atoms with Crippen LogP contribution in [0.4, 0.5) is 24.5 Å². The Kier molecular flexibility index (Phi) is 8.49. The molecule has 7 nitrogen and oxygen atoms in total. The molecular formula is C31H33F3N4O3. The molecular weight excluding hydrogens is 533 g/mol. The minimum atomic E-state index is -4.48. The van der Waals surface area contributed by atoms with Crippen LogP contribution in [-0.2, 0) is 17.5 Å². The minimum absolute atomic E-state index is 0.0406. The number of halogens is 3. The van der Waals surface area contributed by atoms with Crippen LogP contribution < -0.4 is 20.7 Å². The van der Waals surface area contributed by atoms with Crippen molar-refractivity contribution < 1.29 is 27.5 Å². The van der Waals surface area contributed by atoms with Crippen molar-refractivity contribution in [2.24, 2.45) is 0 Å². The number of alkyl halides is 3. The molecule has 3 aromatic carbocycles. The fourth-order valence-electron chi connectivity index (χ4n) is 5.85. The molecule has 0 aliphatic carbocycles. The second-order valence-electron chi connectivity index (χ2n) is 10.6. The number of rotatable bonds is 9. The molecule has 2 heterocycles. The number of ether oxygens (including phenoxy) is 1. The molecule has 2 atom stereocenters. The number of nitrogens with one attached hydrogen (secondary N) is 3. The maximum Gasteiger partial charge on any atom is 0.416 e. The predicted octanol–water partition coefficient (Wildman–Crippen LogP) is 5.50. The van der Waals surface area contributed by atoms with Crippen LogP contribution in [-0.4, -0.2) is 48.5 Å². The lowest BCUT2D eigenvalue weighted by atomic mass is 9.96. The maximum atomic E-state index is 13.1. The molecule has 0 radical (unpaired) electrons. The van der Waals surface area contributed by atoms with Gasteiger partial charge in [-0.15, -0.1) is 0 Å². The number of amides is 2. The van der Waals surface area contributed by atoms with Crippen molar-refractivity contribution in [3.05, 3.63) is 89.5 Å². The Hall–Kier alpha value is -4.05. The molecule has 2 amide bonds. The SMILES string of the molecule is COc1ccc(CN2C3CCC2CC(NC(=O)CNC(=O)c2ccccc2Nc2cccc(C(F)(F)F)c2)C3)cc1. The first-order chi connectivity index (χ1) is 19.7. The number of fused-ring (bicyclic) bond motifs is 2. The lowest BCUT2D eigenvalue weighted by Gasteiger charge is -2.39. The number of hydrogen-bond acceptors (Lipinski definition) is 5. The summed E-state index contributed by atoms with van der Waals surface area (Å²) in [5.74, 6) is 0.0694. The fourth-order valence-corrected chi connectivity index (χ4v) is 5.85. The van der Waals surface area contributed by atoms with Crippen molar-refractivity contribution in [1.82, 2.24) is 15.5 Å². The van der Waals surface area contributed by atoms with Crippen LogP contribution in [0.1, 0.15) is 47.2 Å². The topological polar surface area (TPSA) is 82.7 Å². The third kappa shape index (κ3) is 7.00. The molecule has 0 saturated carbocycles. The number of carbonyl (C=O) groups is 2. The van der Waals surface area contributed by atoms with Gasteiger partial charge in [-0.25, -0.2) is 0 Å². The Morgan fingerprint density at radius 2 is 1.66 bits per heavy atom. The van der Waals surface area contributed by atoms with E-state index in [1.54, 1.807) is 31.4 Å².